The van der Waals surface area contributed by atoms with Gasteiger partial charge < -0.3 is 19.8 Å². The summed E-state index contributed by atoms with van der Waals surface area (Å²) in [5.74, 6) is -1.28. The van der Waals surface area contributed by atoms with E-state index in [0.29, 0.717) is 19.4 Å². The molecule has 6 nitrogen and oxygen atoms in total. The monoisotopic (exact) mass is 293 g/mol. The maximum absolute atomic E-state index is 12.5. The number of piperidine rings is 1. The molecule has 21 heavy (non-hydrogen) atoms. The highest BCUT2D eigenvalue weighted by atomic mass is 16.5. The van der Waals surface area contributed by atoms with Crippen LogP contribution in [0.4, 0.5) is 0 Å². The number of likely N-dealkylation sites (tertiary alicyclic amines) is 1. The molecule has 0 saturated carbocycles. The number of benzene rings is 1. The summed E-state index contributed by atoms with van der Waals surface area (Å²) in [5.41, 5.74) is -0.813. The van der Waals surface area contributed by atoms with Crippen LogP contribution >= 0.6 is 0 Å². The van der Waals surface area contributed by atoms with E-state index in [2.05, 4.69) is 0 Å². The van der Waals surface area contributed by atoms with Crippen LogP contribution in [-0.4, -0.2) is 47.2 Å². The van der Waals surface area contributed by atoms with Crippen LogP contribution in [0.3, 0.4) is 0 Å². The SMILES string of the molecule is COc1cccc(C(=O)N2CCCC(C)(C(=O)O)C2)c1O. The highest BCUT2D eigenvalue weighted by Crippen LogP contribution is 2.34. The highest BCUT2D eigenvalue weighted by molar-refractivity contribution is 5.98. The Bertz CT molecular complexity index is 571. The molecule has 1 unspecified atom stereocenters. The fourth-order valence-electron chi connectivity index (χ4n) is 2.62. The Morgan fingerprint density at radius 3 is 2.71 bits per heavy atom. The maximum Gasteiger partial charge on any atom is 0.311 e. The lowest BCUT2D eigenvalue weighted by molar-refractivity contribution is -0.150. The topological polar surface area (TPSA) is 87.1 Å². The molecule has 1 saturated heterocycles. The minimum absolute atomic E-state index is 0.129. The Hall–Kier alpha value is -2.24. The first-order valence-corrected chi connectivity index (χ1v) is 6.78. The molecular formula is C15H19NO5. The molecule has 0 radical (unpaired) electrons. The smallest absolute Gasteiger partial charge is 0.311 e. The maximum atomic E-state index is 12.5. The standard InChI is InChI=1S/C15H19NO5/c1-15(14(19)20)7-4-8-16(9-15)13(18)10-5-3-6-11(21-2)12(10)17/h3,5-6,17H,4,7-9H2,1-2H3,(H,19,20). The average Bonchev–Trinajstić information content (AvgIpc) is 2.46. The molecule has 0 aromatic heterocycles. The van der Waals surface area contributed by atoms with Crippen molar-refractivity contribution in [1.82, 2.24) is 4.90 Å². The number of hydrogen-bond acceptors (Lipinski definition) is 4. The van der Waals surface area contributed by atoms with Gasteiger partial charge in [0, 0.05) is 13.1 Å². The predicted molar refractivity (Wildman–Crippen MR) is 75.5 cm³/mol. The minimum Gasteiger partial charge on any atom is -0.504 e. The molecule has 2 N–H and O–H groups in total. The van der Waals surface area contributed by atoms with Crippen LogP contribution in [0, 0.1) is 5.41 Å². The van der Waals surface area contributed by atoms with Crippen molar-refractivity contribution in [3.05, 3.63) is 23.8 Å². The van der Waals surface area contributed by atoms with Crippen LogP contribution in [0.2, 0.25) is 0 Å². The molecule has 0 spiro atoms. The van der Waals surface area contributed by atoms with Gasteiger partial charge in [-0.25, -0.2) is 0 Å². The fraction of sp³-hybridized carbons (Fsp3) is 0.467. The summed E-state index contributed by atoms with van der Waals surface area (Å²) in [6.45, 7) is 2.26. The van der Waals surface area contributed by atoms with Crippen molar-refractivity contribution in [2.45, 2.75) is 19.8 Å². The molecule has 6 heteroatoms. The van der Waals surface area contributed by atoms with Gasteiger partial charge in [0.1, 0.15) is 0 Å². The summed E-state index contributed by atoms with van der Waals surface area (Å²) < 4.78 is 4.99. The van der Waals surface area contributed by atoms with Gasteiger partial charge in [0.2, 0.25) is 0 Å². The molecule has 1 atom stereocenters. The van der Waals surface area contributed by atoms with Gasteiger partial charge in [0.25, 0.3) is 5.91 Å². The van der Waals surface area contributed by atoms with Crippen LogP contribution < -0.4 is 4.74 Å². The zero-order valence-corrected chi connectivity index (χ0v) is 12.1. The molecule has 0 aliphatic carbocycles. The Kier molecular flexibility index (Phi) is 4.06. The van der Waals surface area contributed by atoms with Crippen molar-refractivity contribution in [2.24, 2.45) is 5.41 Å². The summed E-state index contributed by atoms with van der Waals surface area (Å²) in [4.78, 5) is 25.3. The molecule has 1 amide bonds. The van der Waals surface area contributed by atoms with Gasteiger partial charge >= 0.3 is 5.97 Å². The van der Waals surface area contributed by atoms with E-state index in [1.165, 1.54) is 18.1 Å². The Morgan fingerprint density at radius 2 is 2.10 bits per heavy atom. The van der Waals surface area contributed by atoms with Gasteiger partial charge in [0.15, 0.2) is 11.5 Å². The lowest BCUT2D eigenvalue weighted by Gasteiger charge is -2.37. The Labute approximate surface area is 122 Å². The lowest BCUT2D eigenvalue weighted by Crippen LogP contribution is -2.48. The first kappa shape index (κ1) is 15.2. The number of aromatic hydroxyl groups is 1. The molecule has 1 aromatic carbocycles. The summed E-state index contributed by atoms with van der Waals surface area (Å²) in [6, 6.07) is 4.68. The molecule has 1 aliphatic rings. The van der Waals surface area contributed by atoms with E-state index < -0.39 is 11.4 Å². The number of phenols is 1. The average molecular weight is 293 g/mol. The second kappa shape index (κ2) is 5.63. The number of phenolic OH excluding ortho intramolecular Hbond substituents is 1. The predicted octanol–water partition coefficient (Wildman–Crippen LogP) is 1.73. The third-order valence-electron chi connectivity index (χ3n) is 3.95. The van der Waals surface area contributed by atoms with Crippen molar-refractivity contribution < 1.29 is 24.5 Å². The van der Waals surface area contributed by atoms with Crippen LogP contribution in [0.15, 0.2) is 18.2 Å². The number of carboxylic acids is 1. The quantitative estimate of drug-likeness (QED) is 0.886. The molecule has 1 aliphatic heterocycles. The van der Waals surface area contributed by atoms with Crippen molar-refractivity contribution in [1.29, 1.82) is 0 Å². The van der Waals surface area contributed by atoms with Gasteiger partial charge in [0.05, 0.1) is 18.1 Å². The lowest BCUT2D eigenvalue weighted by atomic mass is 9.82. The third kappa shape index (κ3) is 2.79. The summed E-state index contributed by atoms with van der Waals surface area (Å²) >= 11 is 0. The largest absolute Gasteiger partial charge is 0.504 e. The molecule has 2 rings (SSSR count). The van der Waals surface area contributed by atoms with Gasteiger partial charge in [-0.3, -0.25) is 9.59 Å². The number of ether oxygens (including phenoxy) is 1. The second-order valence-electron chi connectivity index (χ2n) is 5.55. The van der Waals surface area contributed by atoms with Crippen LogP contribution in [0.25, 0.3) is 0 Å². The van der Waals surface area contributed by atoms with Crippen LogP contribution in [-0.2, 0) is 4.79 Å². The zero-order valence-electron chi connectivity index (χ0n) is 12.1. The number of aliphatic carboxylic acids is 1. The molecular weight excluding hydrogens is 274 g/mol. The van der Waals surface area contributed by atoms with E-state index in [0.717, 1.165) is 0 Å². The highest BCUT2D eigenvalue weighted by Gasteiger charge is 2.40. The van der Waals surface area contributed by atoms with Gasteiger partial charge in [-0.2, -0.15) is 0 Å². The first-order valence-electron chi connectivity index (χ1n) is 6.78. The number of amides is 1. The number of hydrogen-bond donors (Lipinski definition) is 2. The van der Waals surface area contributed by atoms with Crippen LogP contribution in [0.1, 0.15) is 30.1 Å². The van der Waals surface area contributed by atoms with Gasteiger partial charge in [-0.1, -0.05) is 6.07 Å². The number of carboxylic acid groups (broad SMARTS) is 1. The van der Waals surface area contributed by atoms with Gasteiger partial charge in [-0.15, -0.1) is 0 Å². The number of nitrogens with zero attached hydrogens (tertiary/aromatic N) is 1. The first-order chi connectivity index (χ1) is 9.89. The van der Waals surface area contributed by atoms with E-state index in [1.54, 1.807) is 19.1 Å². The van der Waals surface area contributed by atoms with E-state index in [-0.39, 0.29) is 29.5 Å². The number of carbonyl (C=O) groups is 2. The van der Waals surface area contributed by atoms with Crippen molar-refractivity contribution in [2.75, 3.05) is 20.2 Å². The molecule has 1 fully saturated rings. The van der Waals surface area contributed by atoms with E-state index >= 15 is 0 Å². The normalized spacial score (nSPS) is 21.9. The van der Waals surface area contributed by atoms with E-state index in [1.807, 2.05) is 0 Å². The van der Waals surface area contributed by atoms with Crippen molar-refractivity contribution in [3.63, 3.8) is 0 Å². The third-order valence-corrected chi connectivity index (χ3v) is 3.95. The molecule has 1 heterocycles. The number of methoxy groups -OCH3 is 1. The second-order valence-corrected chi connectivity index (χ2v) is 5.55. The van der Waals surface area contributed by atoms with Crippen molar-refractivity contribution >= 4 is 11.9 Å². The number of carbonyl (C=O) groups excluding carboxylic acids is 1. The van der Waals surface area contributed by atoms with E-state index in [9.17, 15) is 19.8 Å². The zero-order chi connectivity index (χ0) is 15.6. The van der Waals surface area contributed by atoms with E-state index in [4.69, 9.17) is 4.74 Å². The van der Waals surface area contributed by atoms with Gasteiger partial charge in [-0.05, 0) is 31.9 Å². The summed E-state index contributed by atoms with van der Waals surface area (Å²) in [5, 5.41) is 19.3. The van der Waals surface area contributed by atoms with Crippen molar-refractivity contribution in [3.8, 4) is 11.5 Å². The fourth-order valence-corrected chi connectivity index (χ4v) is 2.62. The molecule has 1 aromatic rings. The summed E-state index contributed by atoms with van der Waals surface area (Å²) in [6.07, 6.45) is 1.16. The minimum atomic E-state index is -0.942. The molecule has 0 bridgehead atoms. The Morgan fingerprint density at radius 1 is 1.38 bits per heavy atom. The molecule has 114 valence electrons. The van der Waals surface area contributed by atoms with Crippen LogP contribution in [0.5, 0.6) is 11.5 Å². The number of rotatable bonds is 3. The Balaban J connectivity index is 2.26. The summed E-state index contributed by atoms with van der Waals surface area (Å²) in [7, 11) is 1.41. The number of para-hydroxylation sites is 1.